The molecule has 1 fully saturated rings. The van der Waals surface area contributed by atoms with Crippen LogP contribution in [0.5, 0.6) is 0 Å². The van der Waals surface area contributed by atoms with Crippen LogP contribution in [0, 0.1) is 0 Å². The van der Waals surface area contributed by atoms with Crippen molar-refractivity contribution >= 4 is 5.91 Å². The fourth-order valence-electron chi connectivity index (χ4n) is 2.59. The molecule has 0 radical (unpaired) electrons. The summed E-state index contributed by atoms with van der Waals surface area (Å²) in [6.45, 7) is 7.19. The van der Waals surface area contributed by atoms with Crippen molar-refractivity contribution in [1.29, 1.82) is 0 Å². The van der Waals surface area contributed by atoms with E-state index in [1.165, 1.54) is 19.3 Å². The molecule has 1 aliphatic rings. The third-order valence-corrected chi connectivity index (χ3v) is 3.96. The second-order valence-electron chi connectivity index (χ2n) is 6.05. The summed E-state index contributed by atoms with van der Waals surface area (Å²) in [5, 5.41) is 3.73. The Morgan fingerprint density at radius 2 is 2.00 bits per heavy atom. The zero-order valence-electron chi connectivity index (χ0n) is 13.1. The highest BCUT2D eigenvalue weighted by Gasteiger charge is 2.21. The first-order valence-corrected chi connectivity index (χ1v) is 7.71. The van der Waals surface area contributed by atoms with Gasteiger partial charge in [-0.15, -0.1) is 0 Å². The summed E-state index contributed by atoms with van der Waals surface area (Å²) in [7, 11) is 3.65. The standard InChI is InChI=1S/C15H31N3O/c1-5-6-7-13(2)16-14-8-10-18(11-9-14)12-15(19)17(3)4/h13-14,16H,5-12H2,1-4H3. The second kappa shape index (κ2) is 8.54. The van der Waals surface area contributed by atoms with Crippen LogP contribution >= 0.6 is 0 Å². The summed E-state index contributed by atoms with van der Waals surface area (Å²) in [5.74, 6) is 0.211. The molecule has 112 valence electrons. The minimum absolute atomic E-state index is 0.211. The molecule has 0 saturated carbocycles. The number of unbranched alkanes of at least 4 members (excludes halogenated alkanes) is 1. The van der Waals surface area contributed by atoms with E-state index in [-0.39, 0.29) is 5.91 Å². The topological polar surface area (TPSA) is 35.6 Å². The highest BCUT2D eigenvalue weighted by molar-refractivity contribution is 5.77. The van der Waals surface area contributed by atoms with Crippen molar-refractivity contribution in [3.63, 3.8) is 0 Å². The van der Waals surface area contributed by atoms with E-state index >= 15 is 0 Å². The van der Waals surface area contributed by atoms with Crippen LogP contribution in [0.4, 0.5) is 0 Å². The molecule has 1 N–H and O–H groups in total. The van der Waals surface area contributed by atoms with Crippen LogP contribution in [0.25, 0.3) is 0 Å². The van der Waals surface area contributed by atoms with Gasteiger partial charge in [0.15, 0.2) is 0 Å². The van der Waals surface area contributed by atoms with Crippen LogP contribution < -0.4 is 5.32 Å². The molecule has 1 heterocycles. The first-order valence-electron chi connectivity index (χ1n) is 7.71. The predicted molar refractivity (Wildman–Crippen MR) is 80.3 cm³/mol. The van der Waals surface area contributed by atoms with E-state index in [2.05, 4.69) is 24.1 Å². The smallest absolute Gasteiger partial charge is 0.236 e. The number of carbonyl (C=O) groups excluding carboxylic acids is 1. The van der Waals surface area contributed by atoms with E-state index in [0.29, 0.717) is 18.6 Å². The SMILES string of the molecule is CCCCC(C)NC1CCN(CC(=O)N(C)C)CC1. The number of nitrogens with one attached hydrogen (secondary N) is 1. The Balaban J connectivity index is 2.19. The molecule has 4 heteroatoms. The number of rotatable bonds is 7. The van der Waals surface area contributed by atoms with Gasteiger partial charge >= 0.3 is 0 Å². The fraction of sp³-hybridized carbons (Fsp3) is 0.933. The van der Waals surface area contributed by atoms with Gasteiger partial charge < -0.3 is 10.2 Å². The molecule has 1 unspecified atom stereocenters. The molecule has 0 bridgehead atoms. The van der Waals surface area contributed by atoms with Crippen molar-refractivity contribution in [2.24, 2.45) is 0 Å². The van der Waals surface area contributed by atoms with Crippen molar-refractivity contribution < 1.29 is 4.79 Å². The van der Waals surface area contributed by atoms with E-state index in [1.54, 1.807) is 4.90 Å². The lowest BCUT2D eigenvalue weighted by atomic mass is 10.0. The Morgan fingerprint density at radius 3 is 2.53 bits per heavy atom. The van der Waals surface area contributed by atoms with Crippen LogP contribution in [0.1, 0.15) is 46.0 Å². The van der Waals surface area contributed by atoms with Crippen molar-refractivity contribution in [3.8, 4) is 0 Å². The van der Waals surface area contributed by atoms with Crippen LogP contribution in [-0.4, -0.2) is 61.5 Å². The van der Waals surface area contributed by atoms with Crippen LogP contribution in [0.15, 0.2) is 0 Å². The molecule has 0 spiro atoms. The summed E-state index contributed by atoms with van der Waals surface area (Å²) < 4.78 is 0. The molecule has 1 saturated heterocycles. The van der Waals surface area contributed by atoms with Gasteiger partial charge in [-0.05, 0) is 26.2 Å². The average Bonchev–Trinajstić information content (AvgIpc) is 2.38. The molecule has 19 heavy (non-hydrogen) atoms. The highest BCUT2D eigenvalue weighted by atomic mass is 16.2. The number of nitrogens with zero attached hydrogens (tertiary/aromatic N) is 2. The van der Waals surface area contributed by atoms with E-state index in [4.69, 9.17) is 0 Å². The maximum atomic E-state index is 11.7. The number of hydrogen-bond donors (Lipinski definition) is 1. The van der Waals surface area contributed by atoms with Crippen LogP contribution in [0.2, 0.25) is 0 Å². The van der Waals surface area contributed by atoms with Gasteiger partial charge in [0.05, 0.1) is 6.54 Å². The molecule has 0 aromatic heterocycles. The van der Waals surface area contributed by atoms with E-state index in [0.717, 1.165) is 25.9 Å². The number of likely N-dealkylation sites (N-methyl/N-ethyl adjacent to an activating group) is 1. The zero-order valence-corrected chi connectivity index (χ0v) is 13.1. The summed E-state index contributed by atoms with van der Waals surface area (Å²) >= 11 is 0. The monoisotopic (exact) mass is 269 g/mol. The number of hydrogen-bond acceptors (Lipinski definition) is 3. The quantitative estimate of drug-likeness (QED) is 0.764. The maximum absolute atomic E-state index is 11.7. The van der Waals surface area contributed by atoms with Crippen LogP contribution in [-0.2, 0) is 4.79 Å². The zero-order chi connectivity index (χ0) is 14.3. The minimum atomic E-state index is 0.211. The van der Waals surface area contributed by atoms with Crippen molar-refractivity contribution in [2.75, 3.05) is 33.7 Å². The predicted octanol–water partition coefficient (Wildman–Crippen LogP) is 1.71. The normalized spacial score (nSPS) is 19.4. The number of likely N-dealkylation sites (tertiary alicyclic amines) is 1. The van der Waals surface area contributed by atoms with Gasteiger partial charge in [-0.25, -0.2) is 0 Å². The summed E-state index contributed by atoms with van der Waals surface area (Å²) in [4.78, 5) is 15.6. The Kier molecular flexibility index (Phi) is 7.39. The third-order valence-electron chi connectivity index (χ3n) is 3.96. The first kappa shape index (κ1) is 16.4. The van der Waals surface area contributed by atoms with Crippen molar-refractivity contribution in [1.82, 2.24) is 15.1 Å². The third kappa shape index (κ3) is 6.39. The summed E-state index contributed by atoms with van der Waals surface area (Å²) in [6.07, 6.45) is 6.19. The van der Waals surface area contributed by atoms with Crippen molar-refractivity contribution in [2.45, 2.75) is 58.0 Å². The molecule has 1 atom stereocenters. The van der Waals surface area contributed by atoms with Gasteiger partial charge in [-0.2, -0.15) is 0 Å². The van der Waals surface area contributed by atoms with Crippen molar-refractivity contribution in [3.05, 3.63) is 0 Å². The molecule has 4 nitrogen and oxygen atoms in total. The lowest BCUT2D eigenvalue weighted by Crippen LogP contribution is -2.47. The Morgan fingerprint density at radius 1 is 1.37 bits per heavy atom. The van der Waals surface area contributed by atoms with Gasteiger partial charge in [-0.1, -0.05) is 19.8 Å². The number of piperidine rings is 1. The lowest BCUT2D eigenvalue weighted by molar-refractivity contribution is -0.130. The molecular formula is C15H31N3O. The summed E-state index contributed by atoms with van der Waals surface area (Å²) in [5.41, 5.74) is 0. The number of carbonyl (C=O) groups is 1. The lowest BCUT2D eigenvalue weighted by Gasteiger charge is -2.34. The Hall–Kier alpha value is -0.610. The fourth-order valence-corrected chi connectivity index (χ4v) is 2.59. The molecule has 1 rings (SSSR count). The molecule has 0 aromatic carbocycles. The van der Waals surface area contributed by atoms with Gasteiger partial charge in [0.1, 0.15) is 0 Å². The van der Waals surface area contributed by atoms with Gasteiger partial charge in [0.25, 0.3) is 0 Å². The second-order valence-corrected chi connectivity index (χ2v) is 6.05. The van der Waals surface area contributed by atoms with Gasteiger partial charge in [-0.3, -0.25) is 9.69 Å². The molecule has 1 aliphatic heterocycles. The Bertz CT molecular complexity index is 260. The number of amides is 1. The van der Waals surface area contributed by atoms with E-state index < -0.39 is 0 Å². The largest absolute Gasteiger partial charge is 0.348 e. The van der Waals surface area contributed by atoms with Crippen LogP contribution in [0.3, 0.4) is 0 Å². The van der Waals surface area contributed by atoms with E-state index in [9.17, 15) is 4.79 Å². The molecule has 0 aromatic rings. The maximum Gasteiger partial charge on any atom is 0.236 e. The van der Waals surface area contributed by atoms with Gasteiger partial charge in [0, 0.05) is 39.3 Å². The minimum Gasteiger partial charge on any atom is -0.348 e. The van der Waals surface area contributed by atoms with Gasteiger partial charge in [0.2, 0.25) is 5.91 Å². The molecule has 1 amide bonds. The summed E-state index contributed by atoms with van der Waals surface area (Å²) in [6, 6.07) is 1.26. The molecular weight excluding hydrogens is 238 g/mol. The Labute approximate surface area is 118 Å². The molecule has 0 aliphatic carbocycles. The highest BCUT2D eigenvalue weighted by Crippen LogP contribution is 2.12. The van der Waals surface area contributed by atoms with E-state index in [1.807, 2.05) is 14.1 Å². The average molecular weight is 269 g/mol. The first-order chi connectivity index (χ1) is 9.02.